The predicted octanol–water partition coefficient (Wildman–Crippen LogP) is 3.74. The lowest BCUT2D eigenvalue weighted by Gasteiger charge is -2.24. The van der Waals surface area contributed by atoms with Crippen LogP contribution in [0.4, 0.5) is 4.79 Å². The fourth-order valence-corrected chi connectivity index (χ4v) is 3.54. The third-order valence-corrected chi connectivity index (χ3v) is 5.00. The van der Waals surface area contributed by atoms with Crippen molar-refractivity contribution in [3.05, 3.63) is 89.9 Å². The summed E-state index contributed by atoms with van der Waals surface area (Å²) in [6.07, 6.45) is 2.39. The number of aromatic nitrogens is 2. The summed E-state index contributed by atoms with van der Waals surface area (Å²) in [7, 11) is 0. The summed E-state index contributed by atoms with van der Waals surface area (Å²) < 4.78 is 5.94. The molecular weight excluding hydrogens is 364 g/mol. The Hall–Kier alpha value is -3.41. The van der Waals surface area contributed by atoms with Gasteiger partial charge in [-0.25, -0.2) is 9.78 Å². The van der Waals surface area contributed by atoms with Crippen molar-refractivity contribution in [2.24, 2.45) is 0 Å². The summed E-state index contributed by atoms with van der Waals surface area (Å²) in [6, 6.07) is 21.5. The summed E-state index contributed by atoms with van der Waals surface area (Å²) in [5.74, 6) is 1.22. The van der Waals surface area contributed by atoms with E-state index in [0.717, 1.165) is 17.5 Å². The van der Waals surface area contributed by atoms with Gasteiger partial charge in [-0.15, -0.1) is 0 Å². The minimum atomic E-state index is -0.200. The van der Waals surface area contributed by atoms with E-state index in [9.17, 15) is 4.79 Å². The topological polar surface area (TPSA) is 67.3 Å². The van der Waals surface area contributed by atoms with Gasteiger partial charge in [-0.05, 0) is 18.1 Å². The minimum Gasteiger partial charge on any atom is -0.472 e. The lowest BCUT2D eigenvalue weighted by molar-refractivity contribution is 0.181. The van der Waals surface area contributed by atoms with Gasteiger partial charge in [-0.3, -0.25) is 0 Å². The van der Waals surface area contributed by atoms with Crippen LogP contribution in [0.5, 0.6) is 5.88 Å². The summed E-state index contributed by atoms with van der Waals surface area (Å²) in [5.41, 5.74) is 2.10. The van der Waals surface area contributed by atoms with Gasteiger partial charge in [0.25, 0.3) is 0 Å². The van der Waals surface area contributed by atoms with Crippen molar-refractivity contribution in [1.29, 1.82) is 0 Å². The van der Waals surface area contributed by atoms with Crippen LogP contribution in [0.25, 0.3) is 0 Å². The Morgan fingerprint density at radius 1 is 1.07 bits per heavy atom. The number of aryl methyl sites for hydroxylation is 1. The molecule has 148 valence electrons. The van der Waals surface area contributed by atoms with Gasteiger partial charge in [0.15, 0.2) is 0 Å². The van der Waals surface area contributed by atoms with E-state index in [1.165, 1.54) is 0 Å². The van der Waals surface area contributed by atoms with Crippen LogP contribution < -0.4 is 10.1 Å². The van der Waals surface area contributed by atoms with Crippen LogP contribution in [0.2, 0.25) is 0 Å². The van der Waals surface area contributed by atoms with E-state index in [-0.39, 0.29) is 18.2 Å². The van der Waals surface area contributed by atoms with Gasteiger partial charge in [0, 0.05) is 25.2 Å². The summed E-state index contributed by atoms with van der Waals surface area (Å²) in [6.45, 7) is 3.01. The second-order valence-corrected chi connectivity index (χ2v) is 7.12. The van der Waals surface area contributed by atoms with Gasteiger partial charge in [0.1, 0.15) is 11.9 Å². The zero-order valence-electron chi connectivity index (χ0n) is 16.4. The second kappa shape index (κ2) is 8.73. The molecule has 6 nitrogen and oxygen atoms in total. The van der Waals surface area contributed by atoms with Gasteiger partial charge in [-0.2, -0.15) is 4.98 Å². The van der Waals surface area contributed by atoms with Crippen molar-refractivity contribution < 1.29 is 9.53 Å². The molecule has 2 heterocycles. The van der Waals surface area contributed by atoms with Crippen LogP contribution in [0.15, 0.2) is 72.9 Å². The van der Waals surface area contributed by atoms with E-state index in [0.29, 0.717) is 24.8 Å². The number of hydrogen-bond acceptors (Lipinski definition) is 4. The molecule has 1 aromatic heterocycles. The Morgan fingerprint density at radius 3 is 2.34 bits per heavy atom. The molecule has 2 aromatic carbocycles. The molecular formula is C23H24N4O2. The number of benzene rings is 2. The molecule has 1 aliphatic rings. The summed E-state index contributed by atoms with van der Waals surface area (Å²) in [4.78, 5) is 23.2. The van der Waals surface area contributed by atoms with Crippen molar-refractivity contribution in [2.75, 3.05) is 13.1 Å². The van der Waals surface area contributed by atoms with Crippen molar-refractivity contribution in [2.45, 2.75) is 25.5 Å². The number of urea groups is 1. The van der Waals surface area contributed by atoms with E-state index in [1.807, 2.05) is 67.6 Å². The molecule has 0 unspecified atom stereocenters. The van der Waals surface area contributed by atoms with Crippen LogP contribution in [0, 0.1) is 6.92 Å². The first-order valence-corrected chi connectivity index (χ1v) is 9.80. The summed E-state index contributed by atoms with van der Waals surface area (Å²) in [5, 5.41) is 3.19. The van der Waals surface area contributed by atoms with Crippen molar-refractivity contribution >= 4 is 6.03 Å². The zero-order valence-corrected chi connectivity index (χ0v) is 16.4. The van der Waals surface area contributed by atoms with E-state index in [1.54, 1.807) is 17.2 Å². The fraction of sp³-hybridized carbons (Fsp3) is 0.261. The SMILES string of the molecule is Cc1nccc(O[C@@H]2CCN(C(=O)NC(c3ccccc3)c3ccccc3)C2)n1. The van der Waals surface area contributed by atoms with Gasteiger partial charge in [0.05, 0.1) is 12.6 Å². The first-order valence-electron chi connectivity index (χ1n) is 9.80. The molecule has 2 amide bonds. The van der Waals surface area contributed by atoms with Gasteiger partial charge >= 0.3 is 6.03 Å². The van der Waals surface area contributed by atoms with Crippen molar-refractivity contribution in [3.8, 4) is 5.88 Å². The Bertz CT molecular complexity index is 910. The van der Waals surface area contributed by atoms with E-state index >= 15 is 0 Å². The van der Waals surface area contributed by atoms with Crippen LogP contribution in [0.3, 0.4) is 0 Å². The lowest BCUT2D eigenvalue weighted by atomic mass is 9.99. The third kappa shape index (κ3) is 4.71. The van der Waals surface area contributed by atoms with Crippen LogP contribution >= 0.6 is 0 Å². The number of nitrogens with zero attached hydrogens (tertiary/aromatic N) is 3. The molecule has 1 saturated heterocycles. The molecule has 29 heavy (non-hydrogen) atoms. The normalized spacial score (nSPS) is 16.1. The molecule has 1 aliphatic heterocycles. The Balaban J connectivity index is 1.43. The minimum absolute atomic E-state index is 0.0676. The first kappa shape index (κ1) is 18.9. The quantitative estimate of drug-likeness (QED) is 0.723. The highest BCUT2D eigenvalue weighted by molar-refractivity contribution is 5.75. The molecule has 0 aliphatic carbocycles. The highest BCUT2D eigenvalue weighted by atomic mass is 16.5. The van der Waals surface area contributed by atoms with Crippen molar-refractivity contribution in [1.82, 2.24) is 20.2 Å². The molecule has 4 rings (SSSR count). The van der Waals surface area contributed by atoms with Gasteiger partial charge in [0.2, 0.25) is 5.88 Å². The number of carbonyl (C=O) groups excluding carboxylic acids is 1. The average Bonchev–Trinajstić information content (AvgIpc) is 3.22. The number of hydrogen-bond donors (Lipinski definition) is 1. The molecule has 1 fully saturated rings. The number of amides is 2. The maximum Gasteiger partial charge on any atom is 0.318 e. The maximum absolute atomic E-state index is 13.0. The number of nitrogens with one attached hydrogen (secondary N) is 1. The van der Waals surface area contributed by atoms with E-state index in [4.69, 9.17) is 4.74 Å². The van der Waals surface area contributed by atoms with E-state index < -0.39 is 0 Å². The first-order chi connectivity index (χ1) is 14.2. The Labute approximate surface area is 170 Å². The number of carbonyl (C=O) groups is 1. The average molecular weight is 388 g/mol. The lowest BCUT2D eigenvalue weighted by Crippen LogP contribution is -2.41. The molecule has 6 heteroatoms. The molecule has 1 N–H and O–H groups in total. The Morgan fingerprint density at radius 2 is 1.72 bits per heavy atom. The van der Waals surface area contributed by atoms with E-state index in [2.05, 4.69) is 15.3 Å². The molecule has 1 atom stereocenters. The zero-order chi connectivity index (χ0) is 20.1. The number of rotatable bonds is 5. The molecule has 0 spiro atoms. The number of ether oxygens (including phenoxy) is 1. The Kier molecular flexibility index (Phi) is 5.70. The summed E-state index contributed by atoms with van der Waals surface area (Å²) >= 11 is 0. The molecule has 0 saturated carbocycles. The second-order valence-electron chi connectivity index (χ2n) is 7.12. The standard InChI is InChI=1S/C23H24N4O2/c1-17-24-14-12-21(25-17)29-20-13-15-27(16-20)23(28)26-22(18-8-4-2-5-9-18)19-10-6-3-7-11-19/h2-12,14,20,22H,13,15-16H2,1H3,(H,26,28)/t20-/m1/s1. The number of likely N-dealkylation sites (tertiary alicyclic amines) is 1. The van der Waals surface area contributed by atoms with Gasteiger partial charge in [-0.1, -0.05) is 60.7 Å². The molecule has 0 bridgehead atoms. The predicted molar refractivity (Wildman–Crippen MR) is 111 cm³/mol. The van der Waals surface area contributed by atoms with Crippen LogP contribution in [-0.2, 0) is 0 Å². The van der Waals surface area contributed by atoms with Crippen LogP contribution in [0.1, 0.15) is 29.4 Å². The largest absolute Gasteiger partial charge is 0.472 e. The highest BCUT2D eigenvalue weighted by Gasteiger charge is 2.29. The monoisotopic (exact) mass is 388 g/mol. The maximum atomic E-state index is 13.0. The fourth-order valence-electron chi connectivity index (χ4n) is 3.54. The van der Waals surface area contributed by atoms with Gasteiger partial charge < -0.3 is 15.0 Å². The molecule has 0 radical (unpaired) electrons. The molecule has 3 aromatic rings. The smallest absolute Gasteiger partial charge is 0.318 e. The van der Waals surface area contributed by atoms with Crippen molar-refractivity contribution in [3.63, 3.8) is 0 Å². The third-order valence-electron chi connectivity index (χ3n) is 5.00. The van der Waals surface area contributed by atoms with Crippen LogP contribution in [-0.4, -0.2) is 40.1 Å². The highest BCUT2D eigenvalue weighted by Crippen LogP contribution is 2.23.